The molecule has 3 N–H and O–H groups in total. The van der Waals surface area contributed by atoms with Crippen molar-refractivity contribution in [3.63, 3.8) is 0 Å². The van der Waals surface area contributed by atoms with Gasteiger partial charge in [-0.05, 0) is 24.8 Å². The number of benzene rings is 1. The van der Waals surface area contributed by atoms with Crippen molar-refractivity contribution >= 4 is 35.0 Å². The maximum absolute atomic E-state index is 9.15. The third-order valence-electron chi connectivity index (χ3n) is 3.86. The summed E-state index contributed by atoms with van der Waals surface area (Å²) in [6, 6.07) is 6.60. The molecule has 1 aliphatic rings. The second-order valence-corrected chi connectivity index (χ2v) is 7.87. The van der Waals surface area contributed by atoms with E-state index in [1.165, 1.54) is 0 Å². The first kappa shape index (κ1) is 16.4. The fourth-order valence-electron chi connectivity index (χ4n) is 2.62. The number of thioether (sulfide) groups is 2. The number of hydrogen-bond acceptors (Lipinski definition) is 5. The van der Waals surface area contributed by atoms with Gasteiger partial charge in [0.25, 0.3) is 0 Å². The standard InChI is InChI=1S/C15H23N3OS2/c1-4-20-13-7-5-6-12(14(13)15(16)17-19)18-8-9-21-11(3)10(18)2/h5-7,10-11,19H,4,8-9H2,1-3H3,(H2,16,17). The molecule has 0 saturated carbocycles. The van der Waals surface area contributed by atoms with Crippen LogP contribution in [-0.4, -0.2) is 40.4 Å². The van der Waals surface area contributed by atoms with Crippen LogP contribution in [0.1, 0.15) is 26.3 Å². The van der Waals surface area contributed by atoms with E-state index in [0.717, 1.165) is 34.2 Å². The number of rotatable bonds is 4. The molecule has 2 unspecified atom stereocenters. The largest absolute Gasteiger partial charge is 0.409 e. The smallest absolute Gasteiger partial charge is 0.173 e. The lowest BCUT2D eigenvalue weighted by Crippen LogP contribution is -2.45. The summed E-state index contributed by atoms with van der Waals surface area (Å²) in [5.74, 6) is 2.25. The second-order valence-electron chi connectivity index (χ2n) is 5.08. The molecule has 21 heavy (non-hydrogen) atoms. The van der Waals surface area contributed by atoms with Crippen LogP contribution in [-0.2, 0) is 0 Å². The normalized spacial score (nSPS) is 23.4. The van der Waals surface area contributed by atoms with E-state index in [1.807, 2.05) is 17.8 Å². The molecule has 1 fully saturated rings. The highest BCUT2D eigenvalue weighted by Crippen LogP contribution is 2.35. The van der Waals surface area contributed by atoms with E-state index < -0.39 is 0 Å². The van der Waals surface area contributed by atoms with Crippen molar-refractivity contribution in [3.05, 3.63) is 23.8 Å². The highest BCUT2D eigenvalue weighted by molar-refractivity contribution is 8.00. The average molecular weight is 326 g/mol. The Bertz CT molecular complexity index is 522. The van der Waals surface area contributed by atoms with Crippen molar-refractivity contribution in [2.45, 2.75) is 37.0 Å². The van der Waals surface area contributed by atoms with Gasteiger partial charge in [-0.15, -0.1) is 11.8 Å². The molecule has 116 valence electrons. The van der Waals surface area contributed by atoms with Gasteiger partial charge in [0.15, 0.2) is 5.84 Å². The van der Waals surface area contributed by atoms with E-state index in [-0.39, 0.29) is 5.84 Å². The molecule has 0 bridgehead atoms. The maximum Gasteiger partial charge on any atom is 0.173 e. The van der Waals surface area contributed by atoms with Crippen LogP contribution >= 0.6 is 23.5 Å². The highest BCUT2D eigenvalue weighted by atomic mass is 32.2. The lowest BCUT2D eigenvalue weighted by atomic mass is 10.1. The first-order valence-electron chi connectivity index (χ1n) is 7.22. The first-order valence-corrected chi connectivity index (χ1v) is 9.25. The Hall–Kier alpha value is -1.01. The van der Waals surface area contributed by atoms with Crippen molar-refractivity contribution in [2.75, 3.05) is 23.0 Å². The zero-order valence-electron chi connectivity index (χ0n) is 12.7. The van der Waals surface area contributed by atoms with E-state index in [1.54, 1.807) is 11.8 Å². The summed E-state index contributed by atoms with van der Waals surface area (Å²) in [6.07, 6.45) is 0. The Kier molecular flexibility index (Phi) is 5.70. The molecule has 0 spiro atoms. The molecule has 2 atom stereocenters. The van der Waals surface area contributed by atoms with E-state index in [4.69, 9.17) is 10.9 Å². The zero-order valence-corrected chi connectivity index (χ0v) is 14.4. The van der Waals surface area contributed by atoms with E-state index in [9.17, 15) is 0 Å². The Morgan fingerprint density at radius 1 is 1.52 bits per heavy atom. The number of anilines is 1. The lowest BCUT2D eigenvalue weighted by Gasteiger charge is -2.40. The Labute approximate surface area is 135 Å². The molecule has 0 amide bonds. The van der Waals surface area contributed by atoms with Crippen molar-refractivity contribution in [1.29, 1.82) is 0 Å². The van der Waals surface area contributed by atoms with E-state index >= 15 is 0 Å². The fourth-order valence-corrected chi connectivity index (χ4v) is 4.55. The van der Waals surface area contributed by atoms with Gasteiger partial charge >= 0.3 is 0 Å². The van der Waals surface area contributed by atoms with Gasteiger partial charge in [-0.2, -0.15) is 11.8 Å². The minimum atomic E-state index is 0.194. The number of nitrogens with zero attached hydrogens (tertiary/aromatic N) is 2. The van der Waals surface area contributed by atoms with Crippen molar-refractivity contribution in [2.24, 2.45) is 10.9 Å². The van der Waals surface area contributed by atoms with Gasteiger partial charge in [-0.3, -0.25) is 0 Å². The Morgan fingerprint density at radius 2 is 2.29 bits per heavy atom. The van der Waals surface area contributed by atoms with Gasteiger partial charge in [-0.25, -0.2) is 0 Å². The summed E-state index contributed by atoms with van der Waals surface area (Å²) in [7, 11) is 0. The first-order chi connectivity index (χ1) is 10.1. The molecule has 6 heteroatoms. The molecule has 1 aromatic rings. The predicted octanol–water partition coefficient (Wildman–Crippen LogP) is 3.22. The fraction of sp³-hybridized carbons (Fsp3) is 0.533. The summed E-state index contributed by atoms with van der Waals surface area (Å²) >= 11 is 3.72. The second kappa shape index (κ2) is 7.31. The third-order valence-corrected chi connectivity index (χ3v) is 6.14. The quantitative estimate of drug-likeness (QED) is 0.293. The van der Waals surface area contributed by atoms with Crippen LogP contribution in [0.5, 0.6) is 0 Å². The van der Waals surface area contributed by atoms with Gasteiger partial charge < -0.3 is 15.8 Å². The molecule has 1 heterocycles. The van der Waals surface area contributed by atoms with Crippen LogP contribution < -0.4 is 10.6 Å². The van der Waals surface area contributed by atoms with Crippen molar-refractivity contribution < 1.29 is 5.21 Å². The van der Waals surface area contributed by atoms with Crippen LogP contribution in [0.3, 0.4) is 0 Å². The molecule has 1 saturated heterocycles. The van der Waals surface area contributed by atoms with E-state index in [2.05, 4.69) is 43.0 Å². The number of hydrogen-bond donors (Lipinski definition) is 2. The van der Waals surface area contributed by atoms with Crippen molar-refractivity contribution in [3.8, 4) is 0 Å². The average Bonchev–Trinajstić information content (AvgIpc) is 2.49. The summed E-state index contributed by atoms with van der Waals surface area (Å²) in [5.41, 5.74) is 7.90. The summed E-state index contributed by atoms with van der Waals surface area (Å²) in [4.78, 5) is 3.46. The molecule has 4 nitrogen and oxygen atoms in total. The summed E-state index contributed by atoms with van der Waals surface area (Å²) in [6.45, 7) is 7.60. The minimum absolute atomic E-state index is 0.194. The number of oxime groups is 1. The molecular formula is C15H23N3OS2. The topological polar surface area (TPSA) is 61.8 Å². The van der Waals surface area contributed by atoms with Crippen LogP contribution in [0.4, 0.5) is 5.69 Å². The molecule has 0 aliphatic carbocycles. The zero-order chi connectivity index (χ0) is 15.4. The van der Waals surface area contributed by atoms with Crippen LogP contribution in [0, 0.1) is 0 Å². The number of nitrogens with two attached hydrogens (primary N) is 1. The van der Waals surface area contributed by atoms with Gasteiger partial charge in [0.1, 0.15) is 0 Å². The Balaban J connectivity index is 2.49. The third kappa shape index (κ3) is 3.43. The van der Waals surface area contributed by atoms with Gasteiger partial charge in [0, 0.05) is 34.2 Å². The number of amidine groups is 1. The summed E-state index contributed by atoms with van der Waals surface area (Å²) < 4.78 is 0. The lowest BCUT2D eigenvalue weighted by molar-refractivity contribution is 0.318. The van der Waals surface area contributed by atoms with Crippen molar-refractivity contribution in [1.82, 2.24) is 0 Å². The van der Waals surface area contributed by atoms with Gasteiger partial charge in [-0.1, -0.05) is 25.1 Å². The molecule has 1 aromatic carbocycles. The van der Waals surface area contributed by atoms with Gasteiger partial charge in [0.2, 0.25) is 0 Å². The van der Waals surface area contributed by atoms with Crippen LogP contribution in [0.15, 0.2) is 28.3 Å². The molecule has 0 radical (unpaired) electrons. The molecular weight excluding hydrogens is 302 g/mol. The minimum Gasteiger partial charge on any atom is -0.409 e. The SMILES string of the molecule is CCSc1cccc(N2CCSC(C)C2C)c1/C(N)=N/O. The molecule has 1 aliphatic heterocycles. The van der Waals surface area contributed by atoms with Crippen LogP contribution in [0.2, 0.25) is 0 Å². The van der Waals surface area contributed by atoms with Gasteiger partial charge in [0.05, 0.1) is 5.56 Å². The maximum atomic E-state index is 9.15. The molecule has 0 aromatic heterocycles. The summed E-state index contributed by atoms with van der Waals surface area (Å²) in [5, 5.41) is 13.0. The monoisotopic (exact) mass is 325 g/mol. The predicted molar refractivity (Wildman–Crippen MR) is 94.1 cm³/mol. The van der Waals surface area contributed by atoms with E-state index in [0.29, 0.717) is 11.3 Å². The molecule has 2 rings (SSSR count). The Morgan fingerprint density at radius 3 is 2.95 bits per heavy atom. The highest BCUT2D eigenvalue weighted by Gasteiger charge is 2.28. The van der Waals surface area contributed by atoms with Crippen LogP contribution in [0.25, 0.3) is 0 Å².